The van der Waals surface area contributed by atoms with E-state index in [4.69, 9.17) is 4.42 Å². The van der Waals surface area contributed by atoms with Gasteiger partial charge in [-0.3, -0.25) is 0 Å². The van der Waals surface area contributed by atoms with Crippen LogP contribution >= 0.6 is 11.8 Å². The lowest BCUT2D eigenvalue weighted by molar-refractivity contribution is 0.524. The number of rotatable bonds is 8. The maximum atomic E-state index is 6.08. The molecule has 114 valence electrons. The van der Waals surface area contributed by atoms with Gasteiger partial charge in [-0.15, -0.1) is 0 Å². The van der Waals surface area contributed by atoms with Crippen LogP contribution in [0.15, 0.2) is 28.7 Å². The summed E-state index contributed by atoms with van der Waals surface area (Å²) in [6, 6.07) is 8.43. The molecule has 0 aliphatic heterocycles. The zero-order valence-corrected chi connectivity index (χ0v) is 13.9. The molecule has 2 nitrogen and oxygen atoms in total. The van der Waals surface area contributed by atoms with E-state index in [2.05, 4.69) is 42.8 Å². The van der Waals surface area contributed by atoms with E-state index < -0.39 is 0 Å². The third kappa shape index (κ3) is 3.29. The van der Waals surface area contributed by atoms with Crippen molar-refractivity contribution < 1.29 is 4.42 Å². The molecule has 0 radical (unpaired) electrons. The van der Waals surface area contributed by atoms with Crippen LogP contribution in [0.3, 0.4) is 0 Å². The van der Waals surface area contributed by atoms with Crippen LogP contribution in [0.1, 0.15) is 43.9 Å². The molecule has 1 aromatic heterocycles. The van der Waals surface area contributed by atoms with Crippen molar-refractivity contribution in [3.05, 3.63) is 35.6 Å². The van der Waals surface area contributed by atoms with E-state index in [1.54, 1.807) is 0 Å². The molecule has 0 amide bonds. The molecule has 0 atom stereocenters. The average molecular weight is 303 g/mol. The summed E-state index contributed by atoms with van der Waals surface area (Å²) in [6.45, 7) is 4.27. The summed E-state index contributed by atoms with van der Waals surface area (Å²) >= 11 is 2.01. The molecular formula is C18H25NOS. The summed E-state index contributed by atoms with van der Waals surface area (Å²) in [5.74, 6) is 1.18. The molecule has 0 unspecified atom stereocenters. The van der Waals surface area contributed by atoms with Gasteiger partial charge in [-0.05, 0) is 31.6 Å². The fourth-order valence-electron chi connectivity index (χ4n) is 2.89. The van der Waals surface area contributed by atoms with E-state index in [0.29, 0.717) is 4.75 Å². The standard InChI is InChI=1S/C18H25NOS/c1-3-4-8-17-15(12-19-13-18(21-2)10-11-18)14-7-5-6-9-16(14)20-17/h5-7,9,19H,3-4,8,10-13H2,1-2H3. The maximum Gasteiger partial charge on any atom is 0.134 e. The molecule has 0 spiro atoms. The number of fused-ring (bicyclic) bond motifs is 1. The van der Waals surface area contributed by atoms with Crippen LogP contribution in [-0.4, -0.2) is 17.5 Å². The molecule has 1 saturated carbocycles. The van der Waals surface area contributed by atoms with E-state index >= 15 is 0 Å². The molecule has 1 aliphatic rings. The van der Waals surface area contributed by atoms with Crippen molar-refractivity contribution in [3.63, 3.8) is 0 Å². The van der Waals surface area contributed by atoms with Crippen LogP contribution in [-0.2, 0) is 13.0 Å². The highest BCUT2D eigenvalue weighted by Crippen LogP contribution is 2.46. The lowest BCUT2D eigenvalue weighted by atomic mass is 10.1. The Balaban J connectivity index is 1.74. The van der Waals surface area contributed by atoms with Gasteiger partial charge in [-0.25, -0.2) is 0 Å². The van der Waals surface area contributed by atoms with E-state index in [0.717, 1.165) is 25.1 Å². The van der Waals surface area contributed by atoms with Crippen molar-refractivity contribution in [1.82, 2.24) is 5.32 Å². The second-order valence-corrected chi connectivity index (χ2v) is 7.37. The first-order valence-electron chi connectivity index (χ1n) is 8.03. The highest BCUT2D eigenvalue weighted by atomic mass is 32.2. The van der Waals surface area contributed by atoms with Crippen LogP contribution in [0.2, 0.25) is 0 Å². The molecule has 1 fully saturated rings. The normalized spacial score (nSPS) is 16.5. The number of hydrogen-bond acceptors (Lipinski definition) is 3. The number of nitrogens with one attached hydrogen (secondary N) is 1. The zero-order chi connectivity index (χ0) is 14.7. The third-order valence-electron chi connectivity index (χ3n) is 4.53. The molecule has 1 heterocycles. The molecule has 0 bridgehead atoms. The average Bonchev–Trinajstić information content (AvgIpc) is 3.21. The monoisotopic (exact) mass is 303 g/mol. The third-order valence-corrected chi connectivity index (χ3v) is 5.95. The van der Waals surface area contributed by atoms with E-state index in [-0.39, 0.29) is 0 Å². The Hall–Kier alpha value is -0.930. The molecule has 2 aromatic rings. The van der Waals surface area contributed by atoms with Crippen molar-refractivity contribution in [2.75, 3.05) is 12.8 Å². The molecule has 1 aromatic carbocycles. The first-order valence-corrected chi connectivity index (χ1v) is 9.25. The van der Waals surface area contributed by atoms with Gasteiger partial charge < -0.3 is 9.73 Å². The number of benzene rings is 1. The van der Waals surface area contributed by atoms with Gasteiger partial charge in [0.1, 0.15) is 11.3 Å². The summed E-state index contributed by atoms with van der Waals surface area (Å²) < 4.78 is 6.60. The predicted octanol–water partition coefficient (Wildman–Crippen LogP) is 4.76. The Labute approximate surface area is 131 Å². The largest absolute Gasteiger partial charge is 0.461 e. The van der Waals surface area contributed by atoms with Gasteiger partial charge in [0.2, 0.25) is 0 Å². The number of para-hydroxylation sites is 1. The fourth-order valence-corrected chi connectivity index (χ4v) is 3.65. The van der Waals surface area contributed by atoms with Gasteiger partial charge in [0.15, 0.2) is 0 Å². The van der Waals surface area contributed by atoms with Gasteiger partial charge in [-0.2, -0.15) is 11.8 Å². The highest BCUT2D eigenvalue weighted by molar-refractivity contribution is 8.00. The van der Waals surface area contributed by atoms with Crippen molar-refractivity contribution in [1.29, 1.82) is 0 Å². The van der Waals surface area contributed by atoms with Crippen LogP contribution in [0.4, 0.5) is 0 Å². The Bertz CT molecular complexity index is 600. The predicted molar refractivity (Wildman–Crippen MR) is 92.0 cm³/mol. The van der Waals surface area contributed by atoms with Crippen molar-refractivity contribution in [2.24, 2.45) is 0 Å². The SMILES string of the molecule is CCCCc1oc2ccccc2c1CNCC1(SC)CC1. The van der Waals surface area contributed by atoms with Crippen molar-refractivity contribution >= 4 is 22.7 Å². The fraction of sp³-hybridized carbons (Fsp3) is 0.556. The highest BCUT2D eigenvalue weighted by Gasteiger charge is 2.41. The van der Waals surface area contributed by atoms with E-state index in [1.807, 2.05) is 11.8 Å². The summed E-state index contributed by atoms with van der Waals surface area (Å²) in [4.78, 5) is 0. The van der Waals surface area contributed by atoms with Gasteiger partial charge >= 0.3 is 0 Å². The molecular weight excluding hydrogens is 278 g/mol. The van der Waals surface area contributed by atoms with Gasteiger partial charge in [0, 0.05) is 35.2 Å². The van der Waals surface area contributed by atoms with Gasteiger partial charge in [0.05, 0.1) is 0 Å². The number of thioether (sulfide) groups is 1. The van der Waals surface area contributed by atoms with E-state index in [1.165, 1.54) is 42.4 Å². The topological polar surface area (TPSA) is 25.2 Å². The lowest BCUT2D eigenvalue weighted by Crippen LogP contribution is -2.25. The maximum absolute atomic E-state index is 6.08. The molecule has 3 rings (SSSR count). The Morgan fingerprint density at radius 1 is 1.29 bits per heavy atom. The minimum Gasteiger partial charge on any atom is -0.461 e. The van der Waals surface area contributed by atoms with Gasteiger partial charge in [-0.1, -0.05) is 31.5 Å². The second-order valence-electron chi connectivity index (χ2n) is 6.09. The van der Waals surface area contributed by atoms with E-state index in [9.17, 15) is 0 Å². The second kappa shape index (κ2) is 6.45. The Morgan fingerprint density at radius 2 is 2.10 bits per heavy atom. The molecule has 1 N–H and O–H groups in total. The van der Waals surface area contributed by atoms with Crippen LogP contribution < -0.4 is 5.32 Å². The first kappa shape index (κ1) is 15.0. The molecule has 1 aliphatic carbocycles. The molecule has 3 heteroatoms. The minimum absolute atomic E-state index is 0.517. The van der Waals surface area contributed by atoms with Crippen molar-refractivity contribution in [2.45, 2.75) is 50.3 Å². The van der Waals surface area contributed by atoms with Crippen LogP contribution in [0.25, 0.3) is 11.0 Å². The first-order chi connectivity index (χ1) is 10.3. The number of hydrogen-bond donors (Lipinski definition) is 1. The molecule has 21 heavy (non-hydrogen) atoms. The van der Waals surface area contributed by atoms with Crippen LogP contribution in [0, 0.1) is 0 Å². The smallest absolute Gasteiger partial charge is 0.134 e. The summed E-state index contributed by atoms with van der Waals surface area (Å²) in [6.07, 6.45) is 8.40. The Kier molecular flexibility index (Phi) is 4.60. The minimum atomic E-state index is 0.517. The lowest BCUT2D eigenvalue weighted by Gasteiger charge is -2.13. The quantitative estimate of drug-likeness (QED) is 0.761. The van der Waals surface area contributed by atoms with Crippen LogP contribution in [0.5, 0.6) is 0 Å². The summed E-state index contributed by atoms with van der Waals surface area (Å²) in [5.41, 5.74) is 2.40. The summed E-state index contributed by atoms with van der Waals surface area (Å²) in [5, 5.41) is 4.95. The number of furan rings is 1. The molecule has 0 saturated heterocycles. The summed E-state index contributed by atoms with van der Waals surface area (Å²) in [7, 11) is 0. The Morgan fingerprint density at radius 3 is 2.81 bits per heavy atom. The number of aryl methyl sites for hydroxylation is 1. The zero-order valence-electron chi connectivity index (χ0n) is 13.1. The number of unbranched alkanes of at least 4 members (excludes halogenated alkanes) is 1. The van der Waals surface area contributed by atoms with Crippen molar-refractivity contribution in [3.8, 4) is 0 Å². The van der Waals surface area contributed by atoms with Gasteiger partial charge in [0.25, 0.3) is 0 Å².